The van der Waals surface area contributed by atoms with E-state index in [2.05, 4.69) is 39.8 Å². The quantitative estimate of drug-likeness (QED) is 0.657. The molecule has 1 aliphatic carbocycles. The molecule has 0 amide bonds. The normalized spacial score (nSPS) is 14.7. The molecule has 0 unspecified atom stereocenters. The summed E-state index contributed by atoms with van der Waals surface area (Å²) in [6, 6.07) is 9.42. The van der Waals surface area contributed by atoms with E-state index in [-0.39, 0.29) is 0 Å². The van der Waals surface area contributed by atoms with E-state index in [0.717, 1.165) is 21.6 Å². The van der Waals surface area contributed by atoms with Crippen LogP contribution in [-0.2, 0) is 12.8 Å². The van der Waals surface area contributed by atoms with Crippen molar-refractivity contribution in [2.24, 2.45) is 0 Å². The Morgan fingerprint density at radius 2 is 2.00 bits per heavy atom. The van der Waals surface area contributed by atoms with Gasteiger partial charge in [0.2, 0.25) is 0 Å². The van der Waals surface area contributed by atoms with E-state index in [1.807, 2.05) is 18.7 Å². The first-order chi connectivity index (χ1) is 9.81. The van der Waals surface area contributed by atoms with Gasteiger partial charge in [-0.25, -0.2) is 0 Å². The number of hydrogen-bond acceptors (Lipinski definition) is 5. The molecule has 2 aromatic rings. The number of benzene rings is 1. The van der Waals surface area contributed by atoms with Gasteiger partial charge in [-0.3, -0.25) is 0 Å². The third-order valence-corrected chi connectivity index (χ3v) is 5.60. The molecule has 106 valence electrons. The Morgan fingerprint density at radius 1 is 1.25 bits per heavy atom. The minimum absolute atomic E-state index is 0.626. The van der Waals surface area contributed by atoms with Gasteiger partial charge in [-0.15, -0.1) is 10.2 Å². The lowest BCUT2D eigenvalue weighted by Crippen LogP contribution is -2.30. The summed E-state index contributed by atoms with van der Waals surface area (Å²) in [6.07, 6.45) is 3.54. The van der Waals surface area contributed by atoms with Gasteiger partial charge in [0.15, 0.2) is 4.34 Å². The van der Waals surface area contributed by atoms with Crippen molar-refractivity contribution in [1.82, 2.24) is 15.5 Å². The average Bonchev–Trinajstić information content (AvgIpc) is 3.04. The summed E-state index contributed by atoms with van der Waals surface area (Å²) in [5.74, 6) is 1.11. The second kappa shape index (κ2) is 6.70. The van der Waals surface area contributed by atoms with Gasteiger partial charge in [0.05, 0.1) is 0 Å². The molecular weight excluding hydrogens is 286 g/mol. The van der Waals surface area contributed by atoms with Gasteiger partial charge in [-0.05, 0) is 43.9 Å². The van der Waals surface area contributed by atoms with Crippen molar-refractivity contribution in [3.63, 3.8) is 0 Å². The molecule has 0 spiro atoms. The van der Waals surface area contributed by atoms with Crippen LogP contribution in [0.4, 0.5) is 0 Å². The molecule has 20 heavy (non-hydrogen) atoms. The first kappa shape index (κ1) is 14.0. The highest BCUT2D eigenvalue weighted by molar-refractivity contribution is 8.01. The monoisotopic (exact) mass is 305 g/mol. The summed E-state index contributed by atoms with van der Waals surface area (Å²) in [5.41, 5.74) is 3.03. The topological polar surface area (TPSA) is 37.8 Å². The second-order valence-corrected chi connectivity index (χ2v) is 7.64. The van der Waals surface area contributed by atoms with Gasteiger partial charge in [-0.2, -0.15) is 0 Å². The highest BCUT2D eigenvalue weighted by Gasteiger charge is 2.19. The number of hydrogen-bond donors (Lipinski definition) is 1. The summed E-state index contributed by atoms with van der Waals surface area (Å²) in [6.45, 7) is 3.09. The van der Waals surface area contributed by atoms with Crippen LogP contribution in [0.15, 0.2) is 28.6 Å². The largest absolute Gasteiger partial charge is 0.313 e. The molecule has 0 atom stereocenters. The zero-order valence-electron chi connectivity index (χ0n) is 11.6. The van der Waals surface area contributed by atoms with Crippen LogP contribution in [0.3, 0.4) is 0 Å². The van der Waals surface area contributed by atoms with E-state index in [0.29, 0.717) is 6.04 Å². The maximum absolute atomic E-state index is 4.13. The number of nitrogens with zero attached hydrogens (tertiary/aromatic N) is 2. The predicted molar refractivity (Wildman–Crippen MR) is 85.6 cm³/mol. The van der Waals surface area contributed by atoms with Crippen LogP contribution >= 0.6 is 23.1 Å². The standard InChI is InChI=1S/C15H19N3S2/c1-11-17-18-15(20-11)19-8-4-7-16-14-9-12-5-2-3-6-13(12)10-14/h2-3,5-6,14,16H,4,7-10H2,1H3. The van der Waals surface area contributed by atoms with Crippen LogP contribution in [0.2, 0.25) is 0 Å². The van der Waals surface area contributed by atoms with Crippen LogP contribution < -0.4 is 5.32 Å². The number of aryl methyl sites for hydroxylation is 1. The molecule has 0 saturated heterocycles. The molecule has 0 bridgehead atoms. The van der Waals surface area contributed by atoms with Crippen molar-refractivity contribution in [2.45, 2.75) is 36.6 Å². The number of rotatable bonds is 6. The van der Waals surface area contributed by atoms with Crippen molar-refractivity contribution in [3.05, 3.63) is 40.4 Å². The maximum Gasteiger partial charge on any atom is 0.174 e. The molecule has 0 aliphatic heterocycles. The lowest BCUT2D eigenvalue weighted by Gasteiger charge is -2.11. The molecule has 0 radical (unpaired) electrons. The van der Waals surface area contributed by atoms with E-state index in [1.54, 1.807) is 11.3 Å². The van der Waals surface area contributed by atoms with E-state index in [4.69, 9.17) is 0 Å². The highest BCUT2D eigenvalue weighted by atomic mass is 32.2. The van der Waals surface area contributed by atoms with Gasteiger partial charge in [0.25, 0.3) is 0 Å². The summed E-state index contributed by atoms with van der Waals surface area (Å²) in [4.78, 5) is 0. The van der Waals surface area contributed by atoms with Crippen molar-refractivity contribution in [2.75, 3.05) is 12.3 Å². The molecule has 3 rings (SSSR count). The van der Waals surface area contributed by atoms with Crippen molar-refractivity contribution in [3.8, 4) is 0 Å². The Bertz CT molecular complexity index is 543. The number of aromatic nitrogens is 2. The SMILES string of the molecule is Cc1nnc(SCCCNC2Cc3ccccc3C2)s1. The minimum atomic E-state index is 0.626. The molecular formula is C15H19N3S2. The fourth-order valence-electron chi connectivity index (χ4n) is 2.58. The predicted octanol–water partition coefficient (Wildman–Crippen LogP) is 3.09. The minimum Gasteiger partial charge on any atom is -0.313 e. The van der Waals surface area contributed by atoms with Gasteiger partial charge in [0.1, 0.15) is 5.01 Å². The Morgan fingerprint density at radius 3 is 2.65 bits per heavy atom. The first-order valence-electron chi connectivity index (χ1n) is 7.04. The van der Waals surface area contributed by atoms with Gasteiger partial charge < -0.3 is 5.32 Å². The second-order valence-electron chi connectivity index (χ2n) is 5.12. The molecule has 1 aliphatic rings. The Kier molecular flexibility index (Phi) is 4.70. The van der Waals surface area contributed by atoms with Crippen molar-refractivity contribution in [1.29, 1.82) is 0 Å². The fourth-order valence-corrected chi connectivity index (χ4v) is 4.40. The van der Waals surface area contributed by atoms with Crippen LogP contribution in [0, 0.1) is 6.92 Å². The fraction of sp³-hybridized carbons (Fsp3) is 0.467. The van der Waals surface area contributed by atoms with E-state index < -0.39 is 0 Å². The van der Waals surface area contributed by atoms with E-state index >= 15 is 0 Å². The van der Waals surface area contributed by atoms with Crippen LogP contribution in [-0.4, -0.2) is 28.5 Å². The van der Waals surface area contributed by atoms with Crippen molar-refractivity contribution >= 4 is 23.1 Å². The maximum atomic E-state index is 4.13. The van der Waals surface area contributed by atoms with Crippen LogP contribution in [0.25, 0.3) is 0 Å². The molecule has 5 heteroatoms. The molecule has 1 aromatic carbocycles. The number of fused-ring (bicyclic) bond motifs is 1. The lowest BCUT2D eigenvalue weighted by molar-refractivity contribution is 0.533. The third kappa shape index (κ3) is 3.59. The van der Waals surface area contributed by atoms with Crippen LogP contribution in [0.5, 0.6) is 0 Å². The Hall–Kier alpha value is -0.910. The van der Waals surface area contributed by atoms with Gasteiger partial charge in [0, 0.05) is 11.8 Å². The number of nitrogens with one attached hydrogen (secondary N) is 1. The van der Waals surface area contributed by atoms with Crippen LogP contribution in [0.1, 0.15) is 22.6 Å². The Labute approximate surface area is 128 Å². The Balaban J connectivity index is 1.33. The summed E-state index contributed by atoms with van der Waals surface area (Å²) < 4.78 is 1.09. The highest BCUT2D eigenvalue weighted by Crippen LogP contribution is 2.23. The summed E-state index contributed by atoms with van der Waals surface area (Å²) in [7, 11) is 0. The smallest absolute Gasteiger partial charge is 0.174 e. The van der Waals surface area contributed by atoms with Gasteiger partial charge in [-0.1, -0.05) is 47.4 Å². The van der Waals surface area contributed by atoms with Crippen molar-refractivity contribution < 1.29 is 0 Å². The summed E-state index contributed by atoms with van der Waals surface area (Å²) >= 11 is 3.50. The zero-order valence-corrected chi connectivity index (χ0v) is 13.3. The molecule has 1 N–H and O–H groups in total. The molecule has 1 heterocycles. The molecule has 0 fully saturated rings. The summed E-state index contributed by atoms with van der Waals surface area (Å²) in [5, 5.41) is 12.9. The number of thioether (sulfide) groups is 1. The van der Waals surface area contributed by atoms with E-state index in [1.165, 1.54) is 30.4 Å². The third-order valence-electron chi connectivity index (χ3n) is 3.54. The zero-order chi connectivity index (χ0) is 13.8. The first-order valence-corrected chi connectivity index (χ1v) is 8.84. The molecule has 1 aromatic heterocycles. The average molecular weight is 305 g/mol. The van der Waals surface area contributed by atoms with Gasteiger partial charge >= 0.3 is 0 Å². The molecule has 3 nitrogen and oxygen atoms in total. The van der Waals surface area contributed by atoms with E-state index in [9.17, 15) is 0 Å². The molecule has 0 saturated carbocycles. The lowest BCUT2D eigenvalue weighted by atomic mass is 10.1.